The normalized spacial score (nSPS) is 19.2. The van der Waals surface area contributed by atoms with Crippen LogP contribution in [0.5, 0.6) is 0 Å². The van der Waals surface area contributed by atoms with Crippen molar-refractivity contribution in [1.82, 2.24) is 10.6 Å². The Hall–Kier alpha value is -2.68. The van der Waals surface area contributed by atoms with Crippen molar-refractivity contribution in [3.8, 4) is 0 Å². The van der Waals surface area contributed by atoms with Crippen molar-refractivity contribution in [2.45, 2.75) is 63.6 Å². The maximum atomic E-state index is 10.7. The summed E-state index contributed by atoms with van der Waals surface area (Å²) in [6, 6.07) is 20.7. The quantitative estimate of drug-likeness (QED) is 0.319. The van der Waals surface area contributed by atoms with Crippen LogP contribution in [0, 0.1) is 0 Å². The predicted molar refractivity (Wildman–Crippen MR) is 145 cm³/mol. The van der Waals surface area contributed by atoms with Gasteiger partial charge in [0.2, 0.25) is 19.2 Å². The number of carbonyl (C=O) groups is 3. The van der Waals surface area contributed by atoms with Gasteiger partial charge in [-0.15, -0.1) is 0 Å². The van der Waals surface area contributed by atoms with Crippen LogP contribution in [0.2, 0.25) is 5.04 Å². The zero-order chi connectivity index (χ0) is 26.8. The highest BCUT2D eigenvalue weighted by Crippen LogP contribution is 2.38. The summed E-state index contributed by atoms with van der Waals surface area (Å²) in [6.45, 7) is 6.80. The Morgan fingerprint density at radius 1 is 0.944 bits per heavy atom. The number of halogens is 1. The Balaban J connectivity index is 0.000000213. The average molecular weight is 533 g/mol. The number of amides is 2. The van der Waals surface area contributed by atoms with Gasteiger partial charge in [0.05, 0.1) is 19.8 Å². The molecule has 0 aromatic heterocycles. The molecule has 9 heteroatoms. The van der Waals surface area contributed by atoms with Crippen molar-refractivity contribution in [3.63, 3.8) is 0 Å². The molecule has 2 aromatic carbocycles. The molecule has 0 unspecified atom stereocenters. The summed E-state index contributed by atoms with van der Waals surface area (Å²) in [5, 5.41) is 16.2. The Morgan fingerprint density at radius 2 is 1.42 bits per heavy atom. The van der Waals surface area contributed by atoms with Gasteiger partial charge in [0.25, 0.3) is 0 Å². The lowest BCUT2D eigenvalue weighted by atomic mass is 10.2. The number of carbonyl (C=O) groups excluding carboxylic acids is 3. The molecule has 3 N–H and O–H groups in total. The van der Waals surface area contributed by atoms with Gasteiger partial charge in [-0.25, -0.2) is 4.79 Å². The van der Waals surface area contributed by atoms with E-state index >= 15 is 0 Å². The van der Waals surface area contributed by atoms with Crippen LogP contribution in [0.4, 0.5) is 0 Å². The van der Waals surface area contributed by atoms with Gasteiger partial charge in [-0.3, -0.25) is 9.59 Å². The van der Waals surface area contributed by atoms with Crippen LogP contribution in [0.3, 0.4) is 0 Å². The number of hydrogen-bond donors (Lipinski definition) is 3. The maximum absolute atomic E-state index is 10.7. The second kappa shape index (κ2) is 13.6. The minimum Gasteiger partial charge on any atom is -0.467 e. The lowest BCUT2D eigenvalue weighted by molar-refractivity contribution is -0.143. The van der Waals surface area contributed by atoms with Crippen LogP contribution in [0.15, 0.2) is 60.7 Å². The summed E-state index contributed by atoms with van der Waals surface area (Å²) in [5.74, 6) is -0.370. The van der Waals surface area contributed by atoms with Crippen molar-refractivity contribution in [2.24, 2.45) is 0 Å². The topological polar surface area (TPSA) is 105 Å². The third kappa shape index (κ3) is 7.91. The molecular formula is C27H37ClN2O5Si. The van der Waals surface area contributed by atoms with Crippen LogP contribution in [0.25, 0.3) is 0 Å². The van der Waals surface area contributed by atoms with Crippen LogP contribution in [0.1, 0.15) is 46.5 Å². The van der Waals surface area contributed by atoms with Gasteiger partial charge in [0, 0.05) is 12.8 Å². The minimum absolute atomic E-state index is 0.0301. The van der Waals surface area contributed by atoms with Gasteiger partial charge in [-0.1, -0.05) is 81.4 Å². The molecule has 4 rings (SSSR count). The second-order valence-electron chi connectivity index (χ2n) is 9.81. The molecule has 2 atom stereocenters. The summed E-state index contributed by atoms with van der Waals surface area (Å²) in [7, 11) is -0.919. The molecular weight excluding hydrogens is 496 g/mol. The van der Waals surface area contributed by atoms with Gasteiger partial charge in [-0.05, 0) is 28.3 Å². The number of nitrogens with one attached hydrogen (secondary N) is 2. The molecule has 2 aliphatic heterocycles. The number of aliphatic hydroxyl groups is 1. The number of benzene rings is 2. The first kappa shape index (κ1) is 29.5. The zero-order valence-electron chi connectivity index (χ0n) is 21.4. The van der Waals surface area contributed by atoms with Crippen LogP contribution in [-0.2, 0) is 19.1 Å². The highest BCUT2D eigenvalue weighted by molar-refractivity contribution is 7.35. The smallest absolute Gasteiger partial charge is 0.328 e. The van der Waals surface area contributed by atoms with E-state index in [9.17, 15) is 14.4 Å². The molecule has 0 radical (unpaired) electrons. The first-order chi connectivity index (χ1) is 17.0. The Kier molecular flexibility index (Phi) is 11.1. The van der Waals surface area contributed by atoms with Crippen LogP contribution >= 0.6 is 11.1 Å². The minimum atomic E-state index is -2.23. The summed E-state index contributed by atoms with van der Waals surface area (Å²) in [4.78, 5) is 31.7. The lowest BCUT2D eigenvalue weighted by Crippen LogP contribution is -2.59. The van der Waals surface area contributed by atoms with Gasteiger partial charge < -0.3 is 20.5 Å². The van der Waals surface area contributed by atoms with Gasteiger partial charge in [-0.2, -0.15) is 11.1 Å². The third-order valence-electron chi connectivity index (χ3n) is 6.16. The SMILES string of the molecule is CC(C)(C)[Si](Cl)(c1ccccc1)c1ccccc1.COC(=O)[C@@H]1CCC(=O)N1.O=C1CC[C@@H](CO)N1. The van der Waals surface area contributed by atoms with E-state index in [1.165, 1.54) is 17.5 Å². The third-order valence-corrected chi connectivity index (χ3v) is 13.5. The monoisotopic (exact) mass is 532 g/mol. The summed E-state index contributed by atoms with van der Waals surface area (Å²) in [6.07, 6.45) is 2.35. The first-order valence-corrected chi connectivity index (χ1v) is 15.1. The largest absolute Gasteiger partial charge is 0.467 e. The van der Waals surface area contributed by atoms with E-state index in [2.05, 4.69) is 84.7 Å². The number of ether oxygens (including phenoxy) is 1. The van der Waals surface area contributed by atoms with E-state index in [0.29, 0.717) is 19.3 Å². The Labute approximate surface area is 219 Å². The van der Waals surface area contributed by atoms with E-state index in [1.54, 1.807) is 0 Å². The van der Waals surface area contributed by atoms with Crippen molar-refractivity contribution in [2.75, 3.05) is 13.7 Å². The molecule has 196 valence electrons. The molecule has 2 aromatic rings. The molecule has 0 bridgehead atoms. The number of methoxy groups -OCH3 is 1. The van der Waals surface area contributed by atoms with Crippen molar-refractivity contribution in [1.29, 1.82) is 0 Å². The van der Waals surface area contributed by atoms with Gasteiger partial charge >= 0.3 is 5.97 Å². The fourth-order valence-electron chi connectivity index (χ4n) is 4.12. The number of aliphatic hydroxyl groups excluding tert-OH is 1. The molecule has 2 fully saturated rings. The van der Waals surface area contributed by atoms with Crippen molar-refractivity contribution < 1.29 is 24.2 Å². The standard InChI is InChI=1S/C16H19ClSi.C6H9NO3.C5H9NO2/c1-16(2,3)18(17,14-10-6-4-7-11-14)15-12-8-5-9-13-15;1-10-6(9)4-2-3-5(8)7-4;7-3-4-1-2-5(8)6-4/h4-13H,1-3H3;4H,2-3H2,1H3,(H,7,8);4,7H,1-3H2,(H,6,8)/t;2*4-/m.00/s1. The number of esters is 1. The van der Waals surface area contributed by atoms with Gasteiger partial charge in [0.15, 0.2) is 0 Å². The summed E-state index contributed by atoms with van der Waals surface area (Å²) in [5.41, 5.74) is 0. The molecule has 36 heavy (non-hydrogen) atoms. The van der Waals surface area contributed by atoms with Crippen molar-refractivity contribution >= 4 is 46.6 Å². The molecule has 2 heterocycles. The van der Waals surface area contributed by atoms with E-state index in [4.69, 9.17) is 16.2 Å². The summed E-state index contributed by atoms with van der Waals surface area (Å²) >= 11 is 7.21. The highest BCUT2D eigenvalue weighted by Gasteiger charge is 2.46. The lowest BCUT2D eigenvalue weighted by Gasteiger charge is -2.38. The molecule has 2 aliphatic rings. The first-order valence-electron chi connectivity index (χ1n) is 12.1. The van der Waals surface area contributed by atoms with Gasteiger partial charge in [0.1, 0.15) is 6.04 Å². The summed E-state index contributed by atoms with van der Waals surface area (Å²) < 4.78 is 4.43. The fourth-order valence-corrected chi connectivity index (χ4v) is 8.24. The Bertz CT molecular complexity index is 959. The van der Waals surface area contributed by atoms with E-state index in [0.717, 1.165) is 6.42 Å². The predicted octanol–water partition coefficient (Wildman–Crippen LogP) is 2.48. The van der Waals surface area contributed by atoms with E-state index < -0.39 is 13.4 Å². The Morgan fingerprint density at radius 3 is 1.72 bits per heavy atom. The molecule has 7 nitrogen and oxygen atoms in total. The molecule has 2 saturated heterocycles. The number of hydrogen-bond acceptors (Lipinski definition) is 5. The molecule has 2 amide bonds. The average Bonchev–Trinajstić information content (AvgIpc) is 3.52. The second-order valence-corrected chi connectivity index (χ2v) is 15.5. The van der Waals surface area contributed by atoms with E-state index in [-0.39, 0.29) is 35.5 Å². The van der Waals surface area contributed by atoms with Crippen LogP contribution in [-0.4, -0.2) is 56.1 Å². The van der Waals surface area contributed by atoms with Crippen molar-refractivity contribution in [3.05, 3.63) is 60.7 Å². The fraction of sp³-hybridized carbons (Fsp3) is 0.444. The highest BCUT2D eigenvalue weighted by atomic mass is 35.6. The molecule has 0 aliphatic carbocycles. The number of rotatable bonds is 4. The molecule has 0 spiro atoms. The van der Waals surface area contributed by atoms with E-state index in [1.807, 2.05) is 12.1 Å². The zero-order valence-corrected chi connectivity index (χ0v) is 23.2. The molecule has 0 saturated carbocycles. The van der Waals surface area contributed by atoms with Crippen LogP contribution < -0.4 is 21.0 Å². The maximum Gasteiger partial charge on any atom is 0.328 e.